The molecule has 1 rings (SSSR count). The number of nitrogens with one attached hydrogen (secondary N) is 1. The third kappa shape index (κ3) is 5.23. The monoisotopic (exact) mass is 216 g/mol. The zero-order chi connectivity index (χ0) is 10.4. The maximum Gasteiger partial charge on any atom is 0.0301 e. The Hall–Kier alpha value is 0.270. The summed E-state index contributed by atoms with van der Waals surface area (Å²) in [6.07, 6.45) is 6.79. The number of thioether (sulfide) groups is 1. The number of hydrazine groups is 1. The summed E-state index contributed by atoms with van der Waals surface area (Å²) in [6, 6.07) is 0.523. The molecule has 0 aromatic carbocycles. The Kier molecular flexibility index (Phi) is 5.90. The van der Waals surface area contributed by atoms with E-state index in [1.54, 1.807) is 0 Å². The van der Waals surface area contributed by atoms with Crippen LogP contribution in [0.4, 0.5) is 0 Å². The second kappa shape index (κ2) is 6.70. The van der Waals surface area contributed by atoms with Gasteiger partial charge in [0.1, 0.15) is 0 Å². The first-order valence-corrected chi connectivity index (χ1v) is 6.88. The predicted molar refractivity (Wildman–Crippen MR) is 65.3 cm³/mol. The average Bonchev–Trinajstić information content (AvgIpc) is 3.01. The van der Waals surface area contributed by atoms with Crippen LogP contribution in [0, 0.1) is 5.92 Å². The Morgan fingerprint density at radius 2 is 2.21 bits per heavy atom. The lowest BCUT2D eigenvalue weighted by Gasteiger charge is -2.17. The van der Waals surface area contributed by atoms with Gasteiger partial charge in [-0.1, -0.05) is 26.7 Å². The topological polar surface area (TPSA) is 38.0 Å². The maximum atomic E-state index is 5.54. The van der Waals surface area contributed by atoms with Gasteiger partial charge in [0.15, 0.2) is 0 Å². The normalized spacial score (nSPS) is 20.8. The van der Waals surface area contributed by atoms with E-state index in [2.05, 4.69) is 19.3 Å². The molecular formula is C11H24N2S. The summed E-state index contributed by atoms with van der Waals surface area (Å²) in [4.78, 5) is 0. The van der Waals surface area contributed by atoms with Gasteiger partial charge >= 0.3 is 0 Å². The highest BCUT2D eigenvalue weighted by Gasteiger charge is 2.22. The summed E-state index contributed by atoms with van der Waals surface area (Å²) < 4.78 is 0. The molecule has 1 fully saturated rings. The third-order valence-electron chi connectivity index (χ3n) is 3.01. The van der Waals surface area contributed by atoms with Crippen molar-refractivity contribution < 1.29 is 0 Å². The lowest BCUT2D eigenvalue weighted by Crippen LogP contribution is -2.37. The fraction of sp³-hybridized carbons (Fsp3) is 1.00. The van der Waals surface area contributed by atoms with Gasteiger partial charge in [0, 0.05) is 17.0 Å². The summed E-state index contributed by atoms with van der Waals surface area (Å²) >= 11 is 2.04. The van der Waals surface area contributed by atoms with Crippen LogP contribution in [0.3, 0.4) is 0 Å². The molecule has 0 heterocycles. The Labute approximate surface area is 92.4 Å². The van der Waals surface area contributed by atoms with Gasteiger partial charge in [-0.3, -0.25) is 11.3 Å². The highest BCUT2D eigenvalue weighted by Crippen LogP contribution is 2.34. The summed E-state index contributed by atoms with van der Waals surface area (Å²) in [5.41, 5.74) is 2.94. The zero-order valence-corrected chi connectivity index (χ0v) is 10.3. The Morgan fingerprint density at radius 3 is 2.71 bits per heavy atom. The van der Waals surface area contributed by atoms with Crippen LogP contribution in [-0.2, 0) is 0 Å². The molecule has 0 radical (unpaired) electrons. The lowest BCUT2D eigenvalue weighted by atomic mass is 10.1. The molecule has 0 amide bonds. The van der Waals surface area contributed by atoms with Gasteiger partial charge in [-0.15, -0.1) is 0 Å². The molecule has 1 saturated carbocycles. The Balaban J connectivity index is 2.03. The van der Waals surface area contributed by atoms with Gasteiger partial charge in [0.05, 0.1) is 0 Å². The van der Waals surface area contributed by atoms with E-state index in [9.17, 15) is 0 Å². The molecule has 0 spiro atoms. The van der Waals surface area contributed by atoms with Crippen molar-refractivity contribution in [3.63, 3.8) is 0 Å². The number of hydrogen-bond acceptors (Lipinski definition) is 3. The van der Waals surface area contributed by atoms with Crippen LogP contribution < -0.4 is 11.3 Å². The van der Waals surface area contributed by atoms with Crippen molar-refractivity contribution in [1.29, 1.82) is 0 Å². The SMILES string of the molecule is CCC(C)SCC(CCC1CC1)NN. The van der Waals surface area contributed by atoms with Crippen molar-refractivity contribution >= 4 is 11.8 Å². The maximum absolute atomic E-state index is 5.54. The van der Waals surface area contributed by atoms with Crippen molar-refractivity contribution in [3.05, 3.63) is 0 Å². The van der Waals surface area contributed by atoms with E-state index < -0.39 is 0 Å². The van der Waals surface area contributed by atoms with Crippen molar-refractivity contribution in [2.24, 2.45) is 11.8 Å². The molecule has 1 aliphatic carbocycles. The molecular weight excluding hydrogens is 192 g/mol. The standard InChI is InChI=1S/C11H24N2S/c1-3-9(2)14-8-11(13-12)7-6-10-4-5-10/h9-11,13H,3-8,12H2,1-2H3. The van der Waals surface area contributed by atoms with Crippen LogP contribution in [0.5, 0.6) is 0 Å². The molecule has 2 unspecified atom stereocenters. The van der Waals surface area contributed by atoms with E-state index in [1.807, 2.05) is 11.8 Å². The third-order valence-corrected chi connectivity index (χ3v) is 4.51. The van der Waals surface area contributed by atoms with Gasteiger partial charge < -0.3 is 0 Å². The molecule has 84 valence electrons. The summed E-state index contributed by atoms with van der Waals surface area (Å²) in [7, 11) is 0. The lowest BCUT2D eigenvalue weighted by molar-refractivity contribution is 0.501. The van der Waals surface area contributed by atoms with Crippen LogP contribution >= 0.6 is 11.8 Å². The minimum atomic E-state index is 0.523. The molecule has 2 atom stereocenters. The van der Waals surface area contributed by atoms with Crippen molar-refractivity contribution in [2.45, 2.75) is 57.2 Å². The zero-order valence-electron chi connectivity index (χ0n) is 9.46. The van der Waals surface area contributed by atoms with Gasteiger partial charge in [-0.25, -0.2) is 0 Å². The van der Waals surface area contributed by atoms with Crippen LogP contribution in [0.2, 0.25) is 0 Å². The predicted octanol–water partition coefficient (Wildman–Crippen LogP) is 2.54. The fourth-order valence-corrected chi connectivity index (χ4v) is 2.52. The molecule has 0 aromatic heterocycles. The molecule has 0 bridgehead atoms. The highest BCUT2D eigenvalue weighted by atomic mass is 32.2. The minimum Gasteiger partial charge on any atom is -0.271 e. The van der Waals surface area contributed by atoms with Gasteiger partial charge in [-0.2, -0.15) is 11.8 Å². The summed E-state index contributed by atoms with van der Waals surface area (Å²) in [5, 5.41) is 0.770. The van der Waals surface area contributed by atoms with Crippen LogP contribution in [0.1, 0.15) is 46.0 Å². The average molecular weight is 216 g/mol. The number of hydrogen-bond donors (Lipinski definition) is 2. The fourth-order valence-electron chi connectivity index (χ4n) is 1.46. The highest BCUT2D eigenvalue weighted by molar-refractivity contribution is 7.99. The van der Waals surface area contributed by atoms with Gasteiger partial charge in [0.2, 0.25) is 0 Å². The Morgan fingerprint density at radius 1 is 1.50 bits per heavy atom. The minimum absolute atomic E-state index is 0.523. The quantitative estimate of drug-likeness (QED) is 0.484. The molecule has 3 N–H and O–H groups in total. The number of nitrogens with two attached hydrogens (primary N) is 1. The summed E-state index contributed by atoms with van der Waals surface area (Å²) in [5.74, 6) is 7.74. The largest absolute Gasteiger partial charge is 0.271 e. The van der Waals surface area contributed by atoms with E-state index in [0.717, 1.165) is 16.9 Å². The number of rotatable bonds is 8. The van der Waals surface area contributed by atoms with Crippen molar-refractivity contribution in [2.75, 3.05) is 5.75 Å². The smallest absolute Gasteiger partial charge is 0.0301 e. The molecule has 1 aliphatic rings. The van der Waals surface area contributed by atoms with E-state index in [-0.39, 0.29) is 0 Å². The van der Waals surface area contributed by atoms with Crippen LogP contribution in [0.15, 0.2) is 0 Å². The summed E-state index contributed by atoms with van der Waals surface area (Å²) in [6.45, 7) is 4.53. The van der Waals surface area contributed by atoms with Crippen molar-refractivity contribution in [3.8, 4) is 0 Å². The molecule has 2 nitrogen and oxygen atoms in total. The van der Waals surface area contributed by atoms with Crippen LogP contribution in [0.25, 0.3) is 0 Å². The van der Waals surface area contributed by atoms with E-state index in [0.29, 0.717) is 6.04 Å². The molecule has 14 heavy (non-hydrogen) atoms. The molecule has 0 aliphatic heterocycles. The first-order chi connectivity index (χ1) is 6.76. The van der Waals surface area contributed by atoms with E-state index in [4.69, 9.17) is 5.84 Å². The Bertz CT molecular complexity index is 148. The second-order valence-electron chi connectivity index (χ2n) is 4.44. The van der Waals surface area contributed by atoms with Crippen LogP contribution in [-0.4, -0.2) is 17.0 Å². The molecule has 0 aromatic rings. The van der Waals surface area contributed by atoms with Gasteiger partial charge in [-0.05, 0) is 25.2 Å². The van der Waals surface area contributed by atoms with E-state index >= 15 is 0 Å². The first-order valence-electron chi connectivity index (χ1n) is 5.84. The van der Waals surface area contributed by atoms with Gasteiger partial charge in [0.25, 0.3) is 0 Å². The first kappa shape index (κ1) is 12.3. The van der Waals surface area contributed by atoms with Crippen molar-refractivity contribution in [1.82, 2.24) is 5.43 Å². The molecule has 0 saturated heterocycles. The van der Waals surface area contributed by atoms with E-state index in [1.165, 1.54) is 32.1 Å². The second-order valence-corrected chi connectivity index (χ2v) is 5.91. The molecule has 3 heteroatoms.